The summed E-state index contributed by atoms with van der Waals surface area (Å²) < 4.78 is 5.26. The summed E-state index contributed by atoms with van der Waals surface area (Å²) >= 11 is 5.94. The topological polar surface area (TPSA) is 79.5 Å². The summed E-state index contributed by atoms with van der Waals surface area (Å²) in [5.74, 6) is 0.969. The number of halogens is 1. The Morgan fingerprint density at radius 1 is 1.25 bits per heavy atom. The first-order valence-electron chi connectivity index (χ1n) is 9.34. The monoisotopic (exact) mass is 404 g/mol. The van der Waals surface area contributed by atoms with Gasteiger partial charge in [0.15, 0.2) is 5.82 Å². The normalized spacial score (nSPS) is 17.6. The molecule has 1 aliphatic heterocycles. The average Bonchev–Trinajstić information content (AvgIpc) is 3.16. The zero-order chi connectivity index (χ0) is 20.3. The van der Waals surface area contributed by atoms with Crippen LogP contribution in [0.25, 0.3) is 11.5 Å². The van der Waals surface area contributed by atoms with Crippen molar-refractivity contribution in [3.8, 4) is 11.5 Å². The van der Waals surface area contributed by atoms with Crippen molar-refractivity contribution in [3.05, 3.63) is 36.2 Å². The summed E-state index contributed by atoms with van der Waals surface area (Å²) in [6.45, 7) is 7.08. The predicted octanol–water partition coefficient (Wildman–Crippen LogP) is 2.60. The highest BCUT2D eigenvalue weighted by molar-refractivity contribution is 6.19. The Morgan fingerprint density at radius 3 is 2.61 bits per heavy atom. The zero-order valence-corrected chi connectivity index (χ0v) is 17.1. The third-order valence-corrected chi connectivity index (χ3v) is 5.62. The minimum absolute atomic E-state index is 0.0211. The fourth-order valence-corrected chi connectivity index (χ4v) is 3.32. The number of nitrogens with zero attached hydrogens (tertiary/aromatic N) is 4. The molecule has 2 heterocycles. The van der Waals surface area contributed by atoms with Crippen LogP contribution in [0, 0.1) is 5.41 Å². The van der Waals surface area contributed by atoms with Gasteiger partial charge >= 0.3 is 0 Å². The number of hydrogen-bond donors (Lipinski definition) is 0. The van der Waals surface area contributed by atoms with Crippen LogP contribution in [-0.2, 0) is 16.0 Å². The average molecular weight is 405 g/mol. The maximum Gasteiger partial charge on any atom is 0.257 e. The molecule has 3 rings (SSSR count). The molecule has 150 valence electrons. The smallest absolute Gasteiger partial charge is 0.257 e. The van der Waals surface area contributed by atoms with Gasteiger partial charge in [0, 0.05) is 37.1 Å². The quantitative estimate of drug-likeness (QED) is 0.715. The van der Waals surface area contributed by atoms with Crippen molar-refractivity contribution in [2.24, 2.45) is 5.41 Å². The lowest BCUT2D eigenvalue weighted by Crippen LogP contribution is -2.58. The molecule has 0 saturated carbocycles. The molecule has 0 bridgehead atoms. The molecule has 1 atom stereocenters. The van der Waals surface area contributed by atoms with Crippen molar-refractivity contribution in [2.45, 2.75) is 33.2 Å². The van der Waals surface area contributed by atoms with E-state index >= 15 is 0 Å². The molecule has 0 unspecified atom stereocenters. The van der Waals surface area contributed by atoms with E-state index in [1.807, 2.05) is 56.0 Å². The fourth-order valence-electron chi connectivity index (χ4n) is 3.20. The maximum atomic E-state index is 12.7. The third kappa shape index (κ3) is 4.35. The first-order valence-corrected chi connectivity index (χ1v) is 9.88. The molecule has 1 aromatic carbocycles. The molecule has 7 nitrogen and oxygen atoms in total. The van der Waals surface area contributed by atoms with Crippen LogP contribution in [0.2, 0.25) is 0 Å². The summed E-state index contributed by atoms with van der Waals surface area (Å²) in [5, 5.41) is 3.92. The molecule has 1 aromatic heterocycles. The van der Waals surface area contributed by atoms with Crippen molar-refractivity contribution in [1.82, 2.24) is 19.9 Å². The SMILES string of the molecule is C[C@H]1CN(C(=O)Cc2noc(-c3ccccc3)n2)CCN1C(=O)C(C)(C)CCl. The van der Waals surface area contributed by atoms with Gasteiger partial charge < -0.3 is 14.3 Å². The van der Waals surface area contributed by atoms with Gasteiger partial charge in [0.1, 0.15) is 0 Å². The highest BCUT2D eigenvalue weighted by Gasteiger charge is 2.37. The number of carbonyl (C=O) groups excluding carboxylic acids is 2. The van der Waals surface area contributed by atoms with E-state index in [9.17, 15) is 9.59 Å². The highest BCUT2D eigenvalue weighted by atomic mass is 35.5. The van der Waals surface area contributed by atoms with Crippen LogP contribution in [0.4, 0.5) is 0 Å². The van der Waals surface area contributed by atoms with E-state index in [4.69, 9.17) is 16.1 Å². The van der Waals surface area contributed by atoms with Gasteiger partial charge in [-0.3, -0.25) is 9.59 Å². The molecule has 2 aromatic rings. The Kier molecular flexibility index (Phi) is 6.03. The standard InChI is InChI=1S/C20H25ClN4O3/c1-14-12-24(9-10-25(14)19(27)20(2,3)13-21)17(26)11-16-22-18(28-23-16)15-7-5-4-6-8-15/h4-8,14H,9-13H2,1-3H3/t14-/m0/s1. The maximum absolute atomic E-state index is 12.7. The Bertz CT molecular complexity index is 837. The summed E-state index contributed by atoms with van der Waals surface area (Å²) in [6.07, 6.45) is 0.0736. The molecule has 28 heavy (non-hydrogen) atoms. The van der Waals surface area contributed by atoms with Gasteiger partial charge in [-0.1, -0.05) is 23.4 Å². The number of amides is 2. The second-order valence-electron chi connectivity index (χ2n) is 7.76. The minimum atomic E-state index is -0.611. The van der Waals surface area contributed by atoms with Crippen LogP contribution in [0.5, 0.6) is 0 Å². The van der Waals surface area contributed by atoms with E-state index in [1.165, 1.54) is 0 Å². The fraction of sp³-hybridized carbons (Fsp3) is 0.500. The van der Waals surface area contributed by atoms with Crippen molar-refractivity contribution >= 4 is 23.4 Å². The van der Waals surface area contributed by atoms with Gasteiger partial charge in [-0.05, 0) is 32.9 Å². The molecule has 8 heteroatoms. The predicted molar refractivity (Wildman–Crippen MR) is 106 cm³/mol. The Balaban J connectivity index is 1.60. The molecular weight excluding hydrogens is 380 g/mol. The molecular formula is C20H25ClN4O3. The number of hydrogen-bond acceptors (Lipinski definition) is 5. The number of rotatable bonds is 5. The van der Waals surface area contributed by atoms with E-state index in [0.717, 1.165) is 5.56 Å². The second kappa shape index (κ2) is 8.31. The van der Waals surface area contributed by atoms with Gasteiger partial charge in [0.25, 0.3) is 5.89 Å². The number of carbonyl (C=O) groups is 2. The van der Waals surface area contributed by atoms with Gasteiger partial charge in [-0.2, -0.15) is 4.98 Å². The van der Waals surface area contributed by atoms with E-state index in [1.54, 1.807) is 4.90 Å². The third-order valence-electron chi connectivity index (χ3n) is 4.95. The van der Waals surface area contributed by atoms with Gasteiger partial charge in [0.05, 0.1) is 11.8 Å². The van der Waals surface area contributed by atoms with Crippen molar-refractivity contribution in [2.75, 3.05) is 25.5 Å². The number of alkyl halides is 1. The number of benzene rings is 1. The second-order valence-corrected chi connectivity index (χ2v) is 8.03. The molecule has 2 amide bonds. The Hall–Kier alpha value is -2.41. The lowest BCUT2D eigenvalue weighted by atomic mass is 9.93. The van der Waals surface area contributed by atoms with Crippen LogP contribution in [0.3, 0.4) is 0 Å². The molecule has 0 radical (unpaired) electrons. The lowest BCUT2D eigenvalue weighted by molar-refractivity contribution is -0.147. The number of aromatic nitrogens is 2. The molecule has 1 fully saturated rings. The van der Waals surface area contributed by atoms with Gasteiger partial charge in [-0.25, -0.2) is 0 Å². The summed E-state index contributed by atoms with van der Waals surface area (Å²) in [4.78, 5) is 33.2. The van der Waals surface area contributed by atoms with Crippen molar-refractivity contribution < 1.29 is 14.1 Å². The summed E-state index contributed by atoms with van der Waals surface area (Å²) in [6, 6.07) is 9.36. The van der Waals surface area contributed by atoms with Crippen molar-refractivity contribution in [3.63, 3.8) is 0 Å². The van der Waals surface area contributed by atoms with Crippen LogP contribution in [0.1, 0.15) is 26.6 Å². The zero-order valence-electron chi connectivity index (χ0n) is 16.4. The largest absolute Gasteiger partial charge is 0.338 e. The van der Waals surface area contributed by atoms with Crippen LogP contribution >= 0.6 is 11.6 Å². The van der Waals surface area contributed by atoms with Crippen LogP contribution < -0.4 is 0 Å². The summed E-state index contributed by atoms with van der Waals surface area (Å²) in [5.41, 5.74) is 0.205. The minimum Gasteiger partial charge on any atom is -0.338 e. The first-order chi connectivity index (χ1) is 13.3. The van der Waals surface area contributed by atoms with E-state index in [2.05, 4.69) is 10.1 Å². The summed E-state index contributed by atoms with van der Waals surface area (Å²) in [7, 11) is 0. The molecule has 0 N–H and O–H groups in total. The molecule has 1 aliphatic rings. The van der Waals surface area contributed by atoms with Crippen LogP contribution in [0.15, 0.2) is 34.9 Å². The van der Waals surface area contributed by atoms with E-state index in [0.29, 0.717) is 31.3 Å². The molecule has 0 aliphatic carbocycles. The van der Waals surface area contributed by atoms with Gasteiger partial charge in [-0.15, -0.1) is 11.6 Å². The Morgan fingerprint density at radius 2 is 1.96 bits per heavy atom. The Labute approximate surface area is 169 Å². The van der Waals surface area contributed by atoms with Gasteiger partial charge in [0.2, 0.25) is 11.8 Å². The lowest BCUT2D eigenvalue weighted by Gasteiger charge is -2.42. The van der Waals surface area contributed by atoms with Crippen molar-refractivity contribution in [1.29, 1.82) is 0 Å². The van der Waals surface area contributed by atoms with Crippen LogP contribution in [-0.4, -0.2) is 63.3 Å². The number of piperazine rings is 1. The van der Waals surface area contributed by atoms with E-state index in [-0.39, 0.29) is 30.2 Å². The molecule has 0 spiro atoms. The van der Waals surface area contributed by atoms with E-state index < -0.39 is 5.41 Å². The highest BCUT2D eigenvalue weighted by Crippen LogP contribution is 2.24. The first kappa shape index (κ1) is 20.3. The molecule has 1 saturated heterocycles.